The van der Waals surface area contributed by atoms with Gasteiger partial charge in [0.15, 0.2) is 0 Å². The lowest BCUT2D eigenvalue weighted by atomic mass is 10.00. The number of esters is 1. The quantitative estimate of drug-likeness (QED) is 0.542. The Bertz CT molecular complexity index is 1040. The van der Waals surface area contributed by atoms with Crippen LogP contribution >= 0.6 is 27.0 Å². The number of pyridine rings is 1. The van der Waals surface area contributed by atoms with Crippen molar-refractivity contribution in [2.24, 2.45) is 5.92 Å². The maximum absolute atomic E-state index is 14.4. The molecule has 0 radical (unpaired) electrons. The Hall–Kier alpha value is -2.26. The number of hydrogen-bond donors (Lipinski definition) is 0. The summed E-state index contributed by atoms with van der Waals surface area (Å²) in [5.74, 6) is -0.981. The van der Waals surface area contributed by atoms with Gasteiger partial charge in [0.05, 0.1) is 24.4 Å². The van der Waals surface area contributed by atoms with Gasteiger partial charge in [-0.15, -0.1) is 0 Å². The Balaban J connectivity index is 0.00000160. The predicted molar refractivity (Wildman–Crippen MR) is 122 cm³/mol. The average molecular weight is 454 g/mol. The van der Waals surface area contributed by atoms with Crippen LogP contribution in [-0.2, 0) is 4.74 Å². The minimum Gasteiger partial charge on any atom is -0.462 e. The molecule has 162 valence electrons. The molecule has 1 aromatic carbocycles. The molecule has 0 bridgehead atoms. The number of benzene rings is 1. The maximum Gasteiger partial charge on any atom is 0.341 e. The minimum absolute atomic E-state index is 0. The summed E-state index contributed by atoms with van der Waals surface area (Å²) in [7, 11) is 0. The van der Waals surface area contributed by atoms with Crippen molar-refractivity contribution in [3.8, 4) is 0 Å². The van der Waals surface area contributed by atoms with Crippen molar-refractivity contribution in [3.05, 3.63) is 65.5 Å². The van der Waals surface area contributed by atoms with E-state index in [2.05, 4.69) is 16.9 Å². The lowest BCUT2D eigenvalue weighted by Gasteiger charge is -2.27. The van der Waals surface area contributed by atoms with E-state index in [9.17, 15) is 13.6 Å². The molecule has 3 aromatic rings. The molecular weight excluding hydrogens is 428 g/mol. The molecule has 0 aliphatic carbocycles. The van der Waals surface area contributed by atoms with Crippen LogP contribution in [0, 0.1) is 17.6 Å². The van der Waals surface area contributed by atoms with Crippen LogP contribution in [-0.4, -0.2) is 28.7 Å². The molecule has 2 aromatic heterocycles. The molecule has 5 nitrogen and oxygen atoms in total. The third-order valence-corrected chi connectivity index (χ3v) is 5.16. The van der Waals surface area contributed by atoms with Gasteiger partial charge >= 0.3 is 5.97 Å². The van der Waals surface area contributed by atoms with Crippen LogP contribution in [0.5, 0.6) is 0 Å². The van der Waals surface area contributed by atoms with Crippen LogP contribution in [0.2, 0.25) is 0 Å². The fourth-order valence-corrected chi connectivity index (χ4v) is 3.91. The summed E-state index contributed by atoms with van der Waals surface area (Å²) in [6.07, 6.45) is 3.96. The maximum atomic E-state index is 14.4. The lowest BCUT2D eigenvalue weighted by Crippen LogP contribution is -2.24. The normalized spacial score (nSPS) is 18.1. The topological polar surface area (TPSA) is 46.8 Å². The third kappa shape index (κ3) is 4.41. The standard InChI is InChI=1S/C21H21F2N3O2.2H2S/c1-3-28-21(27)17-11-24-26-7-6-15(10-20(17)26)25-12-13(2)8-19(25)16-9-14(22)4-5-18(16)23;;/h4-7,9-11,13,19H,3,8,12H2,1-2H3;2*1H2/t13-,19+;;/m1../s1. The van der Waals surface area contributed by atoms with Gasteiger partial charge in [0.25, 0.3) is 0 Å². The molecule has 0 N–H and O–H groups in total. The predicted octanol–water partition coefficient (Wildman–Crippen LogP) is 4.60. The number of halogens is 2. The van der Waals surface area contributed by atoms with Crippen molar-refractivity contribution in [2.75, 3.05) is 18.1 Å². The molecule has 0 spiro atoms. The number of carbonyl (C=O) groups is 1. The number of aromatic nitrogens is 2. The fourth-order valence-electron chi connectivity index (χ4n) is 3.91. The molecule has 2 atom stereocenters. The number of carbonyl (C=O) groups excluding carboxylic acids is 1. The van der Waals surface area contributed by atoms with Crippen LogP contribution in [0.1, 0.15) is 42.2 Å². The molecule has 3 heterocycles. The summed E-state index contributed by atoms with van der Waals surface area (Å²) in [5.41, 5.74) is 2.18. The molecule has 1 fully saturated rings. The summed E-state index contributed by atoms with van der Waals surface area (Å²) in [6, 6.07) is 7.02. The van der Waals surface area contributed by atoms with E-state index in [0.29, 0.717) is 29.1 Å². The highest BCUT2D eigenvalue weighted by Gasteiger charge is 2.33. The molecular formula is C21H25F2N3O2S2. The van der Waals surface area contributed by atoms with Crippen LogP contribution in [0.15, 0.2) is 42.7 Å². The number of rotatable bonds is 4. The Kier molecular flexibility index (Phi) is 7.76. The number of fused-ring (bicyclic) bond motifs is 1. The van der Waals surface area contributed by atoms with Crippen molar-refractivity contribution in [2.45, 2.75) is 26.3 Å². The van der Waals surface area contributed by atoms with Crippen molar-refractivity contribution in [1.82, 2.24) is 9.61 Å². The second-order valence-corrected chi connectivity index (χ2v) is 7.17. The molecule has 1 aliphatic heterocycles. The first-order valence-electron chi connectivity index (χ1n) is 9.34. The fraction of sp³-hybridized carbons (Fsp3) is 0.333. The van der Waals surface area contributed by atoms with Crippen molar-refractivity contribution >= 4 is 44.2 Å². The van der Waals surface area contributed by atoms with Crippen LogP contribution in [0.25, 0.3) is 5.52 Å². The second kappa shape index (κ2) is 9.70. The van der Waals surface area contributed by atoms with E-state index in [1.807, 2.05) is 12.1 Å². The smallest absolute Gasteiger partial charge is 0.341 e. The Labute approximate surface area is 187 Å². The van der Waals surface area contributed by atoms with Crippen molar-refractivity contribution in [3.63, 3.8) is 0 Å². The van der Waals surface area contributed by atoms with E-state index < -0.39 is 17.6 Å². The molecule has 0 saturated carbocycles. The third-order valence-electron chi connectivity index (χ3n) is 5.16. The van der Waals surface area contributed by atoms with Gasteiger partial charge in [-0.25, -0.2) is 18.1 Å². The van der Waals surface area contributed by atoms with Gasteiger partial charge in [-0.2, -0.15) is 32.1 Å². The minimum atomic E-state index is -0.452. The van der Waals surface area contributed by atoms with Crippen LogP contribution < -0.4 is 4.90 Å². The second-order valence-electron chi connectivity index (χ2n) is 7.17. The van der Waals surface area contributed by atoms with E-state index in [4.69, 9.17) is 4.74 Å². The summed E-state index contributed by atoms with van der Waals surface area (Å²) < 4.78 is 34.9. The first kappa shape index (κ1) is 24.0. The van der Waals surface area contributed by atoms with Gasteiger partial charge in [-0.05, 0) is 49.6 Å². The van der Waals surface area contributed by atoms with Crippen molar-refractivity contribution in [1.29, 1.82) is 0 Å². The van der Waals surface area contributed by atoms with E-state index in [1.54, 1.807) is 17.6 Å². The number of nitrogens with zero attached hydrogens (tertiary/aromatic N) is 3. The summed E-state index contributed by atoms with van der Waals surface area (Å²) in [4.78, 5) is 14.3. The van der Waals surface area contributed by atoms with E-state index in [0.717, 1.165) is 18.2 Å². The van der Waals surface area contributed by atoms with Crippen molar-refractivity contribution < 1.29 is 18.3 Å². The van der Waals surface area contributed by atoms with Crippen LogP contribution in [0.3, 0.4) is 0 Å². The summed E-state index contributed by atoms with van der Waals surface area (Å²) >= 11 is 0. The number of ether oxygens (including phenoxy) is 1. The van der Waals surface area contributed by atoms with E-state index in [-0.39, 0.29) is 39.6 Å². The highest BCUT2D eigenvalue weighted by atomic mass is 32.1. The zero-order valence-electron chi connectivity index (χ0n) is 16.7. The highest BCUT2D eigenvalue weighted by Crippen LogP contribution is 2.40. The molecule has 30 heavy (non-hydrogen) atoms. The van der Waals surface area contributed by atoms with Gasteiger partial charge in [0.1, 0.15) is 17.2 Å². The zero-order chi connectivity index (χ0) is 19.8. The van der Waals surface area contributed by atoms with Gasteiger partial charge in [0.2, 0.25) is 0 Å². The van der Waals surface area contributed by atoms with E-state index in [1.165, 1.54) is 18.3 Å². The molecule has 0 unspecified atom stereocenters. The largest absolute Gasteiger partial charge is 0.462 e. The molecule has 4 rings (SSSR count). The van der Waals surface area contributed by atoms with Gasteiger partial charge in [-0.1, -0.05) is 6.92 Å². The lowest BCUT2D eigenvalue weighted by molar-refractivity contribution is 0.0528. The highest BCUT2D eigenvalue weighted by molar-refractivity contribution is 7.59. The van der Waals surface area contributed by atoms with Gasteiger partial charge < -0.3 is 9.64 Å². The Morgan fingerprint density at radius 3 is 2.73 bits per heavy atom. The van der Waals surface area contributed by atoms with Gasteiger partial charge in [-0.3, -0.25) is 0 Å². The molecule has 1 aliphatic rings. The molecule has 1 saturated heterocycles. The monoisotopic (exact) mass is 453 g/mol. The molecule has 0 amide bonds. The first-order chi connectivity index (χ1) is 13.5. The van der Waals surface area contributed by atoms with Gasteiger partial charge in [0, 0.05) is 24.0 Å². The number of anilines is 1. The average Bonchev–Trinajstić information content (AvgIpc) is 3.26. The SMILES string of the molecule is CCOC(=O)c1cnn2ccc(N3C[C@H](C)C[C@H]3c3cc(F)ccc3F)cc12.S.S. The first-order valence-corrected chi connectivity index (χ1v) is 9.34. The van der Waals surface area contributed by atoms with E-state index >= 15 is 0 Å². The van der Waals surface area contributed by atoms with Crippen LogP contribution in [0.4, 0.5) is 14.5 Å². The zero-order valence-corrected chi connectivity index (χ0v) is 18.7. The number of hydrogen-bond acceptors (Lipinski definition) is 4. The molecule has 9 heteroatoms. The summed E-state index contributed by atoms with van der Waals surface area (Å²) in [5, 5.41) is 4.20. The Morgan fingerprint density at radius 2 is 2.00 bits per heavy atom. The Morgan fingerprint density at radius 1 is 1.23 bits per heavy atom. The summed E-state index contributed by atoms with van der Waals surface area (Å²) in [6.45, 7) is 4.82.